The third-order valence-electron chi connectivity index (χ3n) is 3.81. The predicted molar refractivity (Wildman–Crippen MR) is 84.1 cm³/mol. The third kappa shape index (κ3) is 3.33. The summed E-state index contributed by atoms with van der Waals surface area (Å²) < 4.78 is 20.9. The van der Waals surface area contributed by atoms with Crippen LogP contribution < -0.4 is 9.47 Å². The molecule has 3 atom stereocenters. The van der Waals surface area contributed by atoms with Crippen LogP contribution in [0.4, 0.5) is 5.69 Å². The van der Waals surface area contributed by atoms with E-state index in [4.69, 9.17) is 18.9 Å². The van der Waals surface area contributed by atoms with E-state index in [0.717, 1.165) is 0 Å². The summed E-state index contributed by atoms with van der Waals surface area (Å²) in [4.78, 5) is 22.5. The van der Waals surface area contributed by atoms with E-state index < -0.39 is 23.1 Å². The van der Waals surface area contributed by atoms with Crippen molar-refractivity contribution in [3.63, 3.8) is 0 Å². The number of hydrogen-bond donors (Lipinski definition) is 0. The second-order valence-corrected chi connectivity index (χ2v) is 5.27. The number of ether oxygens (including phenoxy) is 4. The Balaban J connectivity index is 2.53. The van der Waals surface area contributed by atoms with Gasteiger partial charge in [0.25, 0.3) is 0 Å². The van der Waals surface area contributed by atoms with Gasteiger partial charge in [0.2, 0.25) is 5.75 Å². The van der Waals surface area contributed by atoms with Crippen LogP contribution in [0.25, 0.3) is 0 Å². The monoisotopic (exact) mass is 337 g/mol. The minimum Gasteiger partial charge on any atom is -0.496 e. The summed E-state index contributed by atoms with van der Waals surface area (Å²) in [5.41, 5.74) is 0.209. The highest BCUT2D eigenvalue weighted by molar-refractivity contribution is 5.77. The molecule has 1 aromatic carbocycles. The molecule has 1 aromatic rings. The Hall–Kier alpha value is -2.61. The van der Waals surface area contributed by atoms with Crippen molar-refractivity contribution >= 4 is 11.7 Å². The Kier molecular flexibility index (Phi) is 5.40. The number of carbonyl (C=O) groups is 1. The minimum absolute atomic E-state index is 0.0802. The van der Waals surface area contributed by atoms with Crippen molar-refractivity contribution in [3.8, 4) is 11.5 Å². The van der Waals surface area contributed by atoms with Crippen molar-refractivity contribution in [3.05, 3.63) is 40.0 Å². The first-order valence-corrected chi connectivity index (χ1v) is 7.24. The number of carbonyl (C=O) groups excluding carboxylic acids is 1. The molecule has 1 aliphatic rings. The van der Waals surface area contributed by atoms with Crippen LogP contribution in [0.2, 0.25) is 0 Å². The summed E-state index contributed by atoms with van der Waals surface area (Å²) in [5.74, 6) is -0.292. The summed E-state index contributed by atoms with van der Waals surface area (Å²) in [5, 5.41) is 11.3. The highest BCUT2D eigenvalue weighted by atomic mass is 16.6. The van der Waals surface area contributed by atoms with Crippen LogP contribution in [0.1, 0.15) is 18.6 Å². The Bertz CT molecular complexity index is 671. The Labute approximate surface area is 139 Å². The molecular weight excluding hydrogens is 318 g/mol. The zero-order valence-electron chi connectivity index (χ0n) is 13.8. The van der Waals surface area contributed by atoms with Gasteiger partial charge in [0.1, 0.15) is 5.75 Å². The van der Waals surface area contributed by atoms with E-state index in [2.05, 4.69) is 0 Å². The molecule has 1 aliphatic heterocycles. The molecule has 0 aromatic heterocycles. The highest BCUT2D eigenvalue weighted by Crippen LogP contribution is 2.44. The van der Waals surface area contributed by atoms with E-state index >= 15 is 0 Å². The standard InChI is InChI=1S/C16H19NO7/c1-9-5-6-13(16(18)23-4)24-14(9)11-7-10(21-2)8-12(17(19)20)15(11)22-3/h5-9,13-14H,1-4H3/t9-,13+,14+/m1/s1. The molecule has 8 heteroatoms. The van der Waals surface area contributed by atoms with E-state index in [-0.39, 0.29) is 17.4 Å². The summed E-state index contributed by atoms with van der Waals surface area (Å²) in [6, 6.07) is 2.89. The van der Waals surface area contributed by atoms with Crippen molar-refractivity contribution in [1.29, 1.82) is 0 Å². The molecule has 0 saturated heterocycles. The lowest BCUT2D eigenvalue weighted by Crippen LogP contribution is -2.31. The fraction of sp³-hybridized carbons (Fsp3) is 0.438. The normalized spacial score (nSPS) is 22.8. The zero-order valence-corrected chi connectivity index (χ0v) is 13.8. The fourth-order valence-electron chi connectivity index (χ4n) is 2.61. The van der Waals surface area contributed by atoms with Crippen molar-refractivity contribution in [2.24, 2.45) is 5.92 Å². The van der Waals surface area contributed by atoms with Gasteiger partial charge in [-0.3, -0.25) is 10.1 Å². The molecule has 0 bridgehead atoms. The van der Waals surface area contributed by atoms with E-state index in [0.29, 0.717) is 11.3 Å². The number of hydrogen-bond acceptors (Lipinski definition) is 7. The maximum atomic E-state index is 11.7. The molecule has 0 fully saturated rings. The summed E-state index contributed by atoms with van der Waals surface area (Å²) in [6.45, 7) is 1.87. The first-order chi connectivity index (χ1) is 11.4. The molecule has 2 rings (SSSR count). The number of benzene rings is 1. The second kappa shape index (κ2) is 7.31. The van der Waals surface area contributed by atoms with Crippen LogP contribution in [-0.4, -0.2) is 38.3 Å². The van der Waals surface area contributed by atoms with Crippen LogP contribution in [0.3, 0.4) is 0 Å². The van der Waals surface area contributed by atoms with E-state index in [1.807, 2.05) is 6.92 Å². The van der Waals surface area contributed by atoms with Crippen LogP contribution in [0.5, 0.6) is 11.5 Å². The largest absolute Gasteiger partial charge is 0.496 e. The molecule has 0 unspecified atom stereocenters. The lowest BCUT2D eigenvalue weighted by atomic mass is 9.92. The second-order valence-electron chi connectivity index (χ2n) is 5.27. The quantitative estimate of drug-likeness (QED) is 0.352. The Morgan fingerprint density at radius 3 is 2.46 bits per heavy atom. The lowest BCUT2D eigenvalue weighted by Gasteiger charge is -2.30. The van der Waals surface area contributed by atoms with Crippen molar-refractivity contribution < 1.29 is 28.7 Å². The van der Waals surface area contributed by atoms with Gasteiger partial charge >= 0.3 is 11.7 Å². The molecule has 0 amide bonds. The first kappa shape index (κ1) is 17.7. The SMILES string of the molecule is COC(=O)[C@@H]1C=C[C@@H](C)[C@@H](c2cc(OC)cc([N+](=O)[O-])c2OC)O1. The van der Waals surface area contributed by atoms with Gasteiger partial charge in [-0.15, -0.1) is 0 Å². The summed E-state index contributed by atoms with van der Waals surface area (Å²) >= 11 is 0. The van der Waals surface area contributed by atoms with E-state index in [1.54, 1.807) is 18.2 Å². The molecule has 1 heterocycles. The number of rotatable bonds is 5. The molecule has 0 saturated carbocycles. The van der Waals surface area contributed by atoms with Gasteiger partial charge < -0.3 is 18.9 Å². The zero-order chi connectivity index (χ0) is 17.9. The van der Waals surface area contributed by atoms with Gasteiger partial charge in [0.15, 0.2) is 6.10 Å². The number of nitro benzene ring substituents is 1. The molecule has 8 nitrogen and oxygen atoms in total. The minimum atomic E-state index is -0.883. The topological polar surface area (TPSA) is 97.1 Å². The van der Waals surface area contributed by atoms with Crippen molar-refractivity contribution in [1.82, 2.24) is 0 Å². The first-order valence-electron chi connectivity index (χ1n) is 7.24. The molecule has 24 heavy (non-hydrogen) atoms. The van der Waals surface area contributed by atoms with Crippen molar-refractivity contribution in [2.45, 2.75) is 19.1 Å². The van der Waals surface area contributed by atoms with Gasteiger partial charge in [-0.2, -0.15) is 0 Å². The van der Waals surface area contributed by atoms with Gasteiger partial charge in [-0.1, -0.05) is 13.0 Å². The van der Waals surface area contributed by atoms with Crippen molar-refractivity contribution in [2.75, 3.05) is 21.3 Å². The smallest absolute Gasteiger partial charge is 0.339 e. The van der Waals surface area contributed by atoms with Crippen LogP contribution in [-0.2, 0) is 14.3 Å². The van der Waals surface area contributed by atoms with Gasteiger partial charge in [-0.25, -0.2) is 4.79 Å². The molecule has 130 valence electrons. The summed E-state index contributed by atoms with van der Waals surface area (Å²) in [7, 11) is 4.03. The third-order valence-corrected chi connectivity index (χ3v) is 3.81. The highest BCUT2D eigenvalue weighted by Gasteiger charge is 2.35. The molecule has 0 radical (unpaired) electrons. The summed E-state index contributed by atoms with van der Waals surface area (Å²) in [6.07, 6.45) is 1.91. The molecular formula is C16H19NO7. The van der Waals surface area contributed by atoms with Gasteiger partial charge in [-0.05, 0) is 12.1 Å². The molecule has 0 aliphatic carbocycles. The number of esters is 1. The number of nitrogens with zero attached hydrogens (tertiary/aromatic N) is 1. The van der Waals surface area contributed by atoms with E-state index in [9.17, 15) is 14.9 Å². The maximum Gasteiger partial charge on any atom is 0.339 e. The Morgan fingerprint density at radius 2 is 1.92 bits per heavy atom. The van der Waals surface area contributed by atoms with Gasteiger partial charge in [0.05, 0.1) is 38.4 Å². The van der Waals surface area contributed by atoms with Crippen LogP contribution in [0.15, 0.2) is 24.3 Å². The van der Waals surface area contributed by atoms with Crippen LogP contribution >= 0.6 is 0 Å². The molecule has 0 spiro atoms. The lowest BCUT2D eigenvalue weighted by molar-refractivity contribution is -0.385. The fourth-order valence-corrected chi connectivity index (χ4v) is 2.61. The Morgan fingerprint density at radius 1 is 1.21 bits per heavy atom. The van der Waals surface area contributed by atoms with E-state index in [1.165, 1.54) is 27.4 Å². The molecule has 0 N–H and O–H groups in total. The maximum absolute atomic E-state index is 11.7. The van der Waals surface area contributed by atoms with Gasteiger partial charge in [0, 0.05) is 11.5 Å². The van der Waals surface area contributed by atoms with Crippen LogP contribution in [0, 0.1) is 16.0 Å². The average molecular weight is 337 g/mol. The predicted octanol–water partition coefficient (Wildman–Crippen LogP) is 2.42. The number of methoxy groups -OCH3 is 3. The number of nitro groups is 1. The average Bonchev–Trinajstić information content (AvgIpc) is 2.60.